The Morgan fingerprint density at radius 2 is 1.71 bits per heavy atom. The molecule has 0 fully saturated rings. The molecular weight excluding hydrogens is 180 g/mol. The Balaban J connectivity index is 3.18. The Kier molecular flexibility index (Phi) is 3.73. The minimum atomic E-state index is -0.0129. The summed E-state index contributed by atoms with van der Waals surface area (Å²) in [6, 6.07) is 5.63. The standard InChI is InChI=1S/C10H16N2O2/c1-7(12-11)10-8(13-2)5-4-6-9(10)14-3/h4-7,12H,11H2,1-3H3. The average Bonchev–Trinajstić information content (AvgIpc) is 2.26. The van der Waals surface area contributed by atoms with Gasteiger partial charge >= 0.3 is 0 Å². The van der Waals surface area contributed by atoms with E-state index in [4.69, 9.17) is 15.3 Å². The van der Waals surface area contributed by atoms with E-state index < -0.39 is 0 Å². The summed E-state index contributed by atoms with van der Waals surface area (Å²) >= 11 is 0. The summed E-state index contributed by atoms with van der Waals surface area (Å²) < 4.78 is 10.5. The summed E-state index contributed by atoms with van der Waals surface area (Å²) in [6.07, 6.45) is 0. The van der Waals surface area contributed by atoms with Crippen LogP contribution in [0.5, 0.6) is 11.5 Å². The van der Waals surface area contributed by atoms with Gasteiger partial charge in [0.2, 0.25) is 0 Å². The van der Waals surface area contributed by atoms with Crippen molar-refractivity contribution in [2.45, 2.75) is 13.0 Å². The molecule has 0 aliphatic heterocycles. The lowest BCUT2D eigenvalue weighted by atomic mass is 10.1. The van der Waals surface area contributed by atoms with Gasteiger partial charge in [-0.1, -0.05) is 6.07 Å². The molecule has 0 aromatic heterocycles. The quantitative estimate of drug-likeness (QED) is 0.561. The van der Waals surface area contributed by atoms with Gasteiger partial charge in [-0.05, 0) is 19.1 Å². The molecule has 0 bridgehead atoms. The highest BCUT2D eigenvalue weighted by Gasteiger charge is 2.15. The van der Waals surface area contributed by atoms with Crippen LogP contribution in [-0.4, -0.2) is 14.2 Å². The van der Waals surface area contributed by atoms with Crippen LogP contribution in [0.25, 0.3) is 0 Å². The Bertz CT molecular complexity index is 280. The summed E-state index contributed by atoms with van der Waals surface area (Å²) in [5, 5.41) is 0. The van der Waals surface area contributed by atoms with Gasteiger partial charge in [0.1, 0.15) is 11.5 Å². The molecule has 4 nitrogen and oxygen atoms in total. The second kappa shape index (κ2) is 4.83. The van der Waals surface area contributed by atoms with E-state index in [0.29, 0.717) is 0 Å². The molecule has 1 aromatic rings. The fourth-order valence-electron chi connectivity index (χ4n) is 1.39. The van der Waals surface area contributed by atoms with E-state index in [0.717, 1.165) is 17.1 Å². The number of nitrogens with one attached hydrogen (secondary N) is 1. The highest BCUT2D eigenvalue weighted by molar-refractivity contribution is 5.46. The van der Waals surface area contributed by atoms with Crippen LogP contribution in [0.4, 0.5) is 0 Å². The molecule has 0 radical (unpaired) electrons. The smallest absolute Gasteiger partial charge is 0.127 e. The largest absolute Gasteiger partial charge is 0.496 e. The van der Waals surface area contributed by atoms with E-state index in [-0.39, 0.29) is 6.04 Å². The number of methoxy groups -OCH3 is 2. The third-order valence-corrected chi connectivity index (χ3v) is 2.15. The van der Waals surface area contributed by atoms with E-state index >= 15 is 0 Å². The van der Waals surface area contributed by atoms with Crippen molar-refractivity contribution in [3.8, 4) is 11.5 Å². The third kappa shape index (κ3) is 1.97. The molecular formula is C10H16N2O2. The van der Waals surface area contributed by atoms with E-state index in [2.05, 4.69) is 5.43 Å². The molecule has 0 aliphatic carbocycles. The van der Waals surface area contributed by atoms with Gasteiger partial charge in [-0.3, -0.25) is 11.3 Å². The molecule has 1 aromatic carbocycles. The third-order valence-electron chi connectivity index (χ3n) is 2.15. The fourth-order valence-corrected chi connectivity index (χ4v) is 1.39. The lowest BCUT2D eigenvalue weighted by Crippen LogP contribution is -2.26. The van der Waals surface area contributed by atoms with Gasteiger partial charge in [-0.2, -0.15) is 0 Å². The normalized spacial score (nSPS) is 12.3. The Morgan fingerprint density at radius 1 is 1.21 bits per heavy atom. The highest BCUT2D eigenvalue weighted by atomic mass is 16.5. The molecule has 0 heterocycles. The first-order chi connectivity index (χ1) is 6.74. The molecule has 1 rings (SSSR count). The first-order valence-corrected chi connectivity index (χ1v) is 4.41. The second-order valence-electron chi connectivity index (χ2n) is 2.96. The number of hydrogen-bond acceptors (Lipinski definition) is 4. The molecule has 4 heteroatoms. The maximum atomic E-state index is 5.39. The topological polar surface area (TPSA) is 56.5 Å². The van der Waals surface area contributed by atoms with Crippen LogP contribution >= 0.6 is 0 Å². The maximum Gasteiger partial charge on any atom is 0.127 e. The first kappa shape index (κ1) is 10.8. The van der Waals surface area contributed by atoms with Gasteiger partial charge < -0.3 is 9.47 Å². The van der Waals surface area contributed by atoms with Gasteiger partial charge in [-0.15, -0.1) is 0 Å². The molecule has 0 saturated heterocycles. The molecule has 14 heavy (non-hydrogen) atoms. The second-order valence-corrected chi connectivity index (χ2v) is 2.96. The molecule has 0 saturated carbocycles. The molecule has 1 atom stereocenters. The van der Waals surface area contributed by atoms with E-state index in [9.17, 15) is 0 Å². The predicted molar refractivity (Wildman–Crippen MR) is 55.3 cm³/mol. The molecule has 3 N–H and O–H groups in total. The Hall–Kier alpha value is -1.26. The van der Waals surface area contributed by atoms with Gasteiger partial charge in [0, 0.05) is 0 Å². The van der Waals surface area contributed by atoms with Crippen molar-refractivity contribution in [2.75, 3.05) is 14.2 Å². The fraction of sp³-hybridized carbons (Fsp3) is 0.400. The molecule has 0 spiro atoms. The number of rotatable bonds is 4. The first-order valence-electron chi connectivity index (χ1n) is 4.41. The van der Waals surface area contributed by atoms with Crippen LogP contribution in [0, 0.1) is 0 Å². The summed E-state index contributed by atoms with van der Waals surface area (Å²) in [4.78, 5) is 0. The van der Waals surface area contributed by atoms with Crippen LogP contribution in [-0.2, 0) is 0 Å². The predicted octanol–water partition coefficient (Wildman–Crippen LogP) is 1.23. The van der Waals surface area contributed by atoms with Crippen molar-refractivity contribution >= 4 is 0 Å². The minimum absolute atomic E-state index is 0.0129. The van der Waals surface area contributed by atoms with Crippen molar-refractivity contribution in [3.63, 3.8) is 0 Å². The van der Waals surface area contributed by atoms with Crippen molar-refractivity contribution in [3.05, 3.63) is 23.8 Å². The van der Waals surface area contributed by atoms with E-state index in [1.165, 1.54) is 0 Å². The van der Waals surface area contributed by atoms with Gasteiger partial charge in [0.25, 0.3) is 0 Å². The van der Waals surface area contributed by atoms with E-state index in [1.807, 2.05) is 25.1 Å². The highest BCUT2D eigenvalue weighted by Crippen LogP contribution is 2.33. The lowest BCUT2D eigenvalue weighted by Gasteiger charge is -2.17. The number of benzene rings is 1. The van der Waals surface area contributed by atoms with Crippen LogP contribution in [0.3, 0.4) is 0 Å². The zero-order chi connectivity index (χ0) is 10.6. The maximum absolute atomic E-state index is 5.39. The van der Waals surface area contributed by atoms with Crippen molar-refractivity contribution in [2.24, 2.45) is 5.84 Å². The summed E-state index contributed by atoms with van der Waals surface area (Å²) in [6.45, 7) is 1.94. The van der Waals surface area contributed by atoms with Gasteiger partial charge in [0.05, 0.1) is 25.8 Å². The molecule has 1 unspecified atom stereocenters. The molecule has 0 aliphatic rings. The van der Waals surface area contributed by atoms with Crippen molar-refractivity contribution < 1.29 is 9.47 Å². The van der Waals surface area contributed by atoms with Crippen LogP contribution in [0.15, 0.2) is 18.2 Å². The molecule has 0 amide bonds. The van der Waals surface area contributed by atoms with Gasteiger partial charge in [0.15, 0.2) is 0 Å². The van der Waals surface area contributed by atoms with Crippen LogP contribution in [0.1, 0.15) is 18.5 Å². The summed E-state index contributed by atoms with van der Waals surface area (Å²) in [5.74, 6) is 6.94. The van der Waals surface area contributed by atoms with Crippen molar-refractivity contribution in [1.29, 1.82) is 0 Å². The zero-order valence-electron chi connectivity index (χ0n) is 8.70. The SMILES string of the molecule is COc1cccc(OC)c1C(C)NN. The number of hydrogen-bond donors (Lipinski definition) is 2. The number of hydrazine groups is 1. The molecule has 78 valence electrons. The summed E-state index contributed by atoms with van der Waals surface area (Å²) in [5.41, 5.74) is 3.60. The number of ether oxygens (including phenoxy) is 2. The van der Waals surface area contributed by atoms with Crippen LogP contribution < -0.4 is 20.7 Å². The minimum Gasteiger partial charge on any atom is -0.496 e. The van der Waals surface area contributed by atoms with E-state index in [1.54, 1.807) is 14.2 Å². The summed E-state index contributed by atoms with van der Waals surface area (Å²) in [7, 11) is 3.25. The lowest BCUT2D eigenvalue weighted by molar-refractivity contribution is 0.374. The van der Waals surface area contributed by atoms with Crippen molar-refractivity contribution in [1.82, 2.24) is 5.43 Å². The Morgan fingerprint density at radius 3 is 2.07 bits per heavy atom. The van der Waals surface area contributed by atoms with Crippen LogP contribution in [0.2, 0.25) is 0 Å². The Labute approximate surface area is 84.0 Å². The zero-order valence-corrected chi connectivity index (χ0v) is 8.70. The van der Waals surface area contributed by atoms with Gasteiger partial charge in [-0.25, -0.2) is 0 Å². The average molecular weight is 196 g/mol. The monoisotopic (exact) mass is 196 g/mol. The number of nitrogens with two attached hydrogens (primary N) is 1.